The minimum atomic E-state index is -0.184. The number of carbonyl (C=O) groups is 1. The monoisotopic (exact) mass is 216 g/mol. The van der Waals surface area contributed by atoms with E-state index in [0.717, 1.165) is 5.82 Å². The standard InChI is InChI=1S/C11H12N4O/c1-8-13-7-10(15(8)2)11(16)14-9-4-3-5-12-6-9/h3-7H,1-2H3,(H,14,16). The molecule has 0 aliphatic carbocycles. The van der Waals surface area contributed by atoms with E-state index in [1.807, 2.05) is 6.92 Å². The van der Waals surface area contributed by atoms with Gasteiger partial charge >= 0.3 is 0 Å². The van der Waals surface area contributed by atoms with Crippen molar-refractivity contribution in [2.45, 2.75) is 6.92 Å². The average molecular weight is 216 g/mol. The molecule has 0 aliphatic heterocycles. The van der Waals surface area contributed by atoms with Crippen LogP contribution in [-0.4, -0.2) is 20.4 Å². The van der Waals surface area contributed by atoms with Gasteiger partial charge in [0, 0.05) is 13.2 Å². The summed E-state index contributed by atoms with van der Waals surface area (Å²) in [6.45, 7) is 1.85. The molecule has 0 aliphatic rings. The van der Waals surface area contributed by atoms with Gasteiger partial charge in [0.05, 0.1) is 18.1 Å². The molecule has 2 heterocycles. The Labute approximate surface area is 93.2 Å². The Bertz CT molecular complexity index is 504. The zero-order valence-electron chi connectivity index (χ0n) is 9.14. The Hall–Kier alpha value is -2.17. The third-order valence-electron chi connectivity index (χ3n) is 2.37. The lowest BCUT2D eigenvalue weighted by Crippen LogP contribution is -2.16. The second-order valence-corrected chi connectivity index (χ2v) is 3.45. The molecular weight excluding hydrogens is 204 g/mol. The van der Waals surface area contributed by atoms with E-state index in [9.17, 15) is 4.79 Å². The average Bonchev–Trinajstić information content (AvgIpc) is 2.61. The van der Waals surface area contributed by atoms with E-state index < -0.39 is 0 Å². The number of anilines is 1. The van der Waals surface area contributed by atoms with Gasteiger partial charge in [0.15, 0.2) is 0 Å². The van der Waals surface area contributed by atoms with Crippen LogP contribution in [0.3, 0.4) is 0 Å². The van der Waals surface area contributed by atoms with Gasteiger partial charge in [0.1, 0.15) is 11.5 Å². The molecule has 0 unspecified atom stereocenters. The fraction of sp³-hybridized carbons (Fsp3) is 0.182. The summed E-state index contributed by atoms with van der Waals surface area (Å²) in [5.41, 5.74) is 1.20. The van der Waals surface area contributed by atoms with Crippen LogP contribution >= 0.6 is 0 Å². The van der Waals surface area contributed by atoms with Crippen LogP contribution in [0.15, 0.2) is 30.7 Å². The molecule has 2 aromatic rings. The lowest BCUT2D eigenvalue weighted by atomic mass is 10.3. The molecule has 1 amide bonds. The molecule has 2 rings (SSSR count). The van der Waals surface area contributed by atoms with Crippen molar-refractivity contribution in [2.24, 2.45) is 7.05 Å². The number of carbonyl (C=O) groups excluding carboxylic acids is 1. The number of rotatable bonds is 2. The first-order valence-electron chi connectivity index (χ1n) is 4.88. The summed E-state index contributed by atoms with van der Waals surface area (Å²) in [5, 5.41) is 2.75. The molecule has 2 aromatic heterocycles. The molecule has 0 bridgehead atoms. The maximum atomic E-state index is 11.8. The maximum Gasteiger partial charge on any atom is 0.273 e. The predicted molar refractivity (Wildman–Crippen MR) is 60.1 cm³/mol. The highest BCUT2D eigenvalue weighted by Gasteiger charge is 2.11. The summed E-state index contributed by atoms with van der Waals surface area (Å²) in [6, 6.07) is 3.55. The quantitative estimate of drug-likeness (QED) is 0.824. The molecule has 5 nitrogen and oxygen atoms in total. The number of nitrogens with zero attached hydrogens (tertiary/aromatic N) is 3. The fourth-order valence-corrected chi connectivity index (χ4v) is 1.34. The maximum absolute atomic E-state index is 11.8. The Morgan fingerprint density at radius 3 is 2.81 bits per heavy atom. The van der Waals surface area contributed by atoms with Crippen molar-refractivity contribution in [3.05, 3.63) is 42.2 Å². The van der Waals surface area contributed by atoms with E-state index in [0.29, 0.717) is 11.4 Å². The number of imidazole rings is 1. The smallest absolute Gasteiger partial charge is 0.273 e. The first-order valence-corrected chi connectivity index (χ1v) is 4.88. The van der Waals surface area contributed by atoms with Crippen molar-refractivity contribution < 1.29 is 4.79 Å². The van der Waals surface area contributed by atoms with Crippen molar-refractivity contribution in [3.63, 3.8) is 0 Å². The predicted octanol–water partition coefficient (Wildman–Crippen LogP) is 1.38. The van der Waals surface area contributed by atoms with E-state index >= 15 is 0 Å². The molecule has 82 valence electrons. The van der Waals surface area contributed by atoms with Crippen molar-refractivity contribution in [3.8, 4) is 0 Å². The summed E-state index contributed by atoms with van der Waals surface area (Å²) in [7, 11) is 1.81. The Balaban J connectivity index is 2.18. The number of pyridine rings is 1. The molecule has 0 aromatic carbocycles. The van der Waals surface area contributed by atoms with Crippen LogP contribution in [0, 0.1) is 6.92 Å². The molecule has 16 heavy (non-hydrogen) atoms. The fourth-order valence-electron chi connectivity index (χ4n) is 1.34. The number of aromatic nitrogens is 3. The minimum Gasteiger partial charge on any atom is -0.327 e. The van der Waals surface area contributed by atoms with E-state index in [-0.39, 0.29) is 5.91 Å². The molecule has 0 radical (unpaired) electrons. The normalized spacial score (nSPS) is 10.1. The lowest BCUT2D eigenvalue weighted by Gasteiger charge is -2.05. The lowest BCUT2D eigenvalue weighted by molar-refractivity contribution is 0.101. The minimum absolute atomic E-state index is 0.184. The summed E-state index contributed by atoms with van der Waals surface area (Å²) in [6.07, 6.45) is 4.81. The molecule has 0 fully saturated rings. The van der Waals surface area contributed by atoms with Crippen molar-refractivity contribution in [1.82, 2.24) is 14.5 Å². The van der Waals surface area contributed by atoms with Gasteiger partial charge in [-0.25, -0.2) is 4.98 Å². The summed E-state index contributed by atoms with van der Waals surface area (Å²) >= 11 is 0. The Kier molecular flexibility index (Phi) is 2.68. The van der Waals surface area contributed by atoms with E-state index in [1.54, 1.807) is 42.3 Å². The van der Waals surface area contributed by atoms with Crippen LogP contribution in [-0.2, 0) is 7.05 Å². The molecule has 0 spiro atoms. The van der Waals surface area contributed by atoms with Crippen LogP contribution < -0.4 is 5.32 Å². The van der Waals surface area contributed by atoms with Gasteiger partial charge in [-0.15, -0.1) is 0 Å². The first kappa shape index (κ1) is 10.4. The van der Waals surface area contributed by atoms with Crippen molar-refractivity contribution in [1.29, 1.82) is 0 Å². The second-order valence-electron chi connectivity index (χ2n) is 3.45. The molecule has 0 saturated heterocycles. The van der Waals surface area contributed by atoms with Crippen LogP contribution in [0.5, 0.6) is 0 Å². The van der Waals surface area contributed by atoms with Gasteiger partial charge in [-0.3, -0.25) is 9.78 Å². The zero-order valence-corrected chi connectivity index (χ0v) is 9.14. The third-order valence-corrected chi connectivity index (χ3v) is 2.37. The van der Waals surface area contributed by atoms with Gasteiger partial charge in [-0.05, 0) is 19.1 Å². The summed E-state index contributed by atoms with van der Waals surface area (Å²) in [5.74, 6) is 0.618. The molecule has 0 atom stereocenters. The Morgan fingerprint density at radius 2 is 2.25 bits per heavy atom. The van der Waals surface area contributed by atoms with Crippen LogP contribution in [0.4, 0.5) is 5.69 Å². The molecular formula is C11H12N4O. The third kappa shape index (κ3) is 1.93. The Morgan fingerprint density at radius 1 is 1.44 bits per heavy atom. The SMILES string of the molecule is Cc1ncc(C(=O)Nc2cccnc2)n1C. The number of amides is 1. The first-order chi connectivity index (χ1) is 7.68. The van der Waals surface area contributed by atoms with Gasteiger partial charge in [-0.1, -0.05) is 0 Å². The highest BCUT2D eigenvalue weighted by Crippen LogP contribution is 2.07. The van der Waals surface area contributed by atoms with E-state index in [2.05, 4.69) is 15.3 Å². The van der Waals surface area contributed by atoms with Gasteiger partial charge < -0.3 is 9.88 Å². The van der Waals surface area contributed by atoms with Gasteiger partial charge in [-0.2, -0.15) is 0 Å². The van der Waals surface area contributed by atoms with Gasteiger partial charge in [0.25, 0.3) is 5.91 Å². The highest BCUT2D eigenvalue weighted by molar-refractivity contribution is 6.02. The highest BCUT2D eigenvalue weighted by atomic mass is 16.2. The number of hydrogen-bond donors (Lipinski definition) is 1. The number of hydrogen-bond acceptors (Lipinski definition) is 3. The summed E-state index contributed by atoms with van der Waals surface area (Å²) in [4.78, 5) is 19.8. The molecule has 5 heteroatoms. The van der Waals surface area contributed by atoms with E-state index in [4.69, 9.17) is 0 Å². The number of nitrogens with one attached hydrogen (secondary N) is 1. The second kappa shape index (κ2) is 4.14. The molecule has 0 saturated carbocycles. The van der Waals surface area contributed by atoms with Gasteiger partial charge in [0.2, 0.25) is 0 Å². The van der Waals surface area contributed by atoms with Crippen LogP contribution in [0.25, 0.3) is 0 Å². The van der Waals surface area contributed by atoms with Crippen LogP contribution in [0.2, 0.25) is 0 Å². The molecule has 1 N–H and O–H groups in total. The largest absolute Gasteiger partial charge is 0.327 e. The zero-order chi connectivity index (χ0) is 11.5. The number of aryl methyl sites for hydroxylation is 1. The van der Waals surface area contributed by atoms with Crippen LogP contribution in [0.1, 0.15) is 16.3 Å². The van der Waals surface area contributed by atoms with E-state index in [1.165, 1.54) is 0 Å². The van der Waals surface area contributed by atoms with Crippen molar-refractivity contribution >= 4 is 11.6 Å². The topological polar surface area (TPSA) is 59.8 Å². The summed E-state index contributed by atoms with van der Waals surface area (Å²) < 4.78 is 1.74. The van der Waals surface area contributed by atoms with Crippen molar-refractivity contribution in [2.75, 3.05) is 5.32 Å².